The Kier molecular flexibility index (Phi) is 2.06. The number of benzene rings is 1. The molecular weight excluding hydrogens is 206 g/mol. The topological polar surface area (TPSA) is 35.2 Å². The van der Waals surface area contributed by atoms with Crippen LogP contribution in [-0.4, -0.2) is 7.11 Å². The lowest BCUT2D eigenvalue weighted by molar-refractivity contribution is 0.416. The zero-order chi connectivity index (χ0) is 9.42. The molecular formula is C9H8ClNOS. The largest absolute Gasteiger partial charge is 0.495 e. The number of thiophene rings is 1. The Hall–Kier alpha value is -0.930. The Morgan fingerprint density at radius 1 is 1.54 bits per heavy atom. The van der Waals surface area contributed by atoms with Gasteiger partial charge in [-0.25, -0.2) is 0 Å². The van der Waals surface area contributed by atoms with E-state index in [0.29, 0.717) is 16.5 Å². The van der Waals surface area contributed by atoms with Crippen molar-refractivity contribution in [1.82, 2.24) is 0 Å². The van der Waals surface area contributed by atoms with Crippen molar-refractivity contribution in [3.8, 4) is 5.75 Å². The lowest BCUT2D eigenvalue weighted by Crippen LogP contribution is -1.89. The summed E-state index contributed by atoms with van der Waals surface area (Å²) in [5.41, 5.74) is 6.52. The van der Waals surface area contributed by atoms with Crippen molar-refractivity contribution in [2.24, 2.45) is 0 Å². The fourth-order valence-corrected chi connectivity index (χ4v) is 2.47. The minimum absolute atomic E-state index is 0.633. The fourth-order valence-electron chi connectivity index (χ4n) is 1.25. The van der Waals surface area contributed by atoms with Crippen LogP contribution in [0.1, 0.15) is 0 Å². The molecule has 1 aromatic carbocycles. The molecule has 0 unspecified atom stereocenters. The van der Waals surface area contributed by atoms with Gasteiger partial charge in [-0.1, -0.05) is 11.6 Å². The molecule has 0 aliphatic heterocycles. The molecule has 2 aromatic rings. The van der Waals surface area contributed by atoms with Crippen LogP contribution in [0.4, 0.5) is 5.69 Å². The molecule has 0 radical (unpaired) electrons. The number of halogens is 1. The predicted molar refractivity (Wildman–Crippen MR) is 57.8 cm³/mol. The highest BCUT2D eigenvalue weighted by atomic mass is 35.5. The molecule has 0 bridgehead atoms. The first-order valence-electron chi connectivity index (χ1n) is 3.73. The van der Waals surface area contributed by atoms with E-state index in [1.54, 1.807) is 24.5 Å². The van der Waals surface area contributed by atoms with Gasteiger partial charge in [0.2, 0.25) is 0 Å². The summed E-state index contributed by atoms with van der Waals surface area (Å²) in [4.78, 5) is 0. The molecule has 68 valence electrons. The van der Waals surface area contributed by atoms with Crippen molar-refractivity contribution < 1.29 is 4.74 Å². The van der Waals surface area contributed by atoms with Gasteiger partial charge in [0.05, 0.1) is 11.8 Å². The number of methoxy groups -OCH3 is 1. The maximum atomic E-state index is 6.08. The number of hydrogen-bond donors (Lipinski definition) is 1. The fraction of sp³-hybridized carbons (Fsp3) is 0.111. The van der Waals surface area contributed by atoms with E-state index >= 15 is 0 Å². The Bertz CT molecular complexity index is 452. The zero-order valence-corrected chi connectivity index (χ0v) is 8.58. The third kappa shape index (κ3) is 1.24. The summed E-state index contributed by atoms with van der Waals surface area (Å²) in [6.45, 7) is 0. The van der Waals surface area contributed by atoms with Crippen LogP contribution in [0.25, 0.3) is 10.1 Å². The first kappa shape index (κ1) is 8.66. The third-order valence-electron chi connectivity index (χ3n) is 1.90. The molecule has 0 saturated carbocycles. The first-order chi connectivity index (χ1) is 6.24. The molecule has 2 nitrogen and oxygen atoms in total. The molecule has 2 N–H and O–H groups in total. The summed E-state index contributed by atoms with van der Waals surface area (Å²) in [6, 6.07) is 3.71. The number of ether oxygens (including phenoxy) is 1. The molecule has 0 aliphatic carbocycles. The van der Waals surface area contributed by atoms with Gasteiger partial charge in [-0.3, -0.25) is 0 Å². The summed E-state index contributed by atoms with van der Waals surface area (Å²) < 4.78 is 6.08. The maximum absolute atomic E-state index is 6.08. The maximum Gasteiger partial charge on any atom is 0.140 e. The van der Waals surface area contributed by atoms with E-state index in [0.717, 1.165) is 10.1 Å². The zero-order valence-electron chi connectivity index (χ0n) is 7.00. The molecule has 4 heteroatoms. The van der Waals surface area contributed by atoms with E-state index in [1.807, 2.05) is 11.4 Å². The number of nitrogen functional groups attached to an aromatic ring is 1. The predicted octanol–water partition coefficient (Wildman–Crippen LogP) is 3.15. The summed E-state index contributed by atoms with van der Waals surface area (Å²) in [7, 11) is 1.58. The van der Waals surface area contributed by atoms with E-state index in [1.165, 1.54) is 0 Å². The second-order valence-corrected chi connectivity index (χ2v) is 3.94. The van der Waals surface area contributed by atoms with Crippen molar-refractivity contribution in [2.75, 3.05) is 12.8 Å². The molecule has 0 fully saturated rings. The van der Waals surface area contributed by atoms with E-state index in [4.69, 9.17) is 22.1 Å². The Balaban J connectivity index is 2.85. The molecule has 0 saturated heterocycles. The number of hydrogen-bond acceptors (Lipinski definition) is 3. The van der Waals surface area contributed by atoms with Gasteiger partial charge in [-0.2, -0.15) is 0 Å². The minimum Gasteiger partial charge on any atom is -0.495 e. The van der Waals surface area contributed by atoms with E-state index in [-0.39, 0.29) is 0 Å². The van der Waals surface area contributed by atoms with E-state index in [9.17, 15) is 0 Å². The van der Waals surface area contributed by atoms with Gasteiger partial charge in [-0.05, 0) is 11.4 Å². The van der Waals surface area contributed by atoms with Crippen molar-refractivity contribution in [1.29, 1.82) is 0 Å². The third-order valence-corrected chi connectivity index (χ3v) is 3.32. The van der Waals surface area contributed by atoms with E-state index < -0.39 is 0 Å². The normalized spacial score (nSPS) is 10.6. The van der Waals surface area contributed by atoms with Crippen LogP contribution in [0.2, 0.25) is 5.02 Å². The van der Waals surface area contributed by atoms with Gasteiger partial charge < -0.3 is 10.5 Å². The van der Waals surface area contributed by atoms with Crippen LogP contribution in [0.3, 0.4) is 0 Å². The lowest BCUT2D eigenvalue weighted by atomic mass is 10.2. The van der Waals surface area contributed by atoms with Gasteiger partial charge in [0.1, 0.15) is 10.8 Å². The molecule has 1 aromatic heterocycles. The molecule has 0 atom stereocenters. The highest BCUT2D eigenvalue weighted by molar-refractivity contribution is 7.18. The van der Waals surface area contributed by atoms with E-state index in [2.05, 4.69) is 0 Å². The minimum atomic E-state index is 0.633. The monoisotopic (exact) mass is 213 g/mol. The van der Waals surface area contributed by atoms with Crippen LogP contribution in [0.15, 0.2) is 17.5 Å². The summed E-state index contributed by atoms with van der Waals surface area (Å²) in [5, 5.41) is 3.60. The highest BCUT2D eigenvalue weighted by Crippen LogP contribution is 2.39. The van der Waals surface area contributed by atoms with Crippen LogP contribution >= 0.6 is 22.9 Å². The van der Waals surface area contributed by atoms with Gasteiger partial charge in [-0.15, -0.1) is 11.3 Å². The van der Waals surface area contributed by atoms with Crippen LogP contribution in [0.5, 0.6) is 5.75 Å². The van der Waals surface area contributed by atoms with Crippen molar-refractivity contribution in [2.45, 2.75) is 0 Å². The molecule has 2 rings (SSSR count). The number of rotatable bonds is 1. The molecule has 0 aliphatic rings. The van der Waals surface area contributed by atoms with Gasteiger partial charge in [0.15, 0.2) is 0 Å². The second kappa shape index (κ2) is 3.09. The van der Waals surface area contributed by atoms with Crippen molar-refractivity contribution in [3.63, 3.8) is 0 Å². The average molecular weight is 214 g/mol. The summed E-state index contributed by atoms with van der Waals surface area (Å²) >= 11 is 7.65. The molecule has 0 amide bonds. The number of nitrogens with two attached hydrogens (primary N) is 1. The van der Waals surface area contributed by atoms with Crippen molar-refractivity contribution in [3.05, 3.63) is 22.5 Å². The van der Waals surface area contributed by atoms with Gasteiger partial charge in [0, 0.05) is 17.1 Å². The summed E-state index contributed by atoms with van der Waals surface area (Å²) in [6.07, 6.45) is 0. The SMILES string of the molecule is COc1cc(N)c2ccsc2c1Cl. The standard InChI is InChI=1S/C9H8ClNOS/c1-12-7-4-6(11)5-2-3-13-9(5)8(7)10/h2-4H,11H2,1H3. The average Bonchev–Trinajstić information content (AvgIpc) is 2.60. The van der Waals surface area contributed by atoms with Crippen LogP contribution < -0.4 is 10.5 Å². The van der Waals surface area contributed by atoms with Gasteiger partial charge >= 0.3 is 0 Å². The second-order valence-electron chi connectivity index (χ2n) is 2.65. The smallest absolute Gasteiger partial charge is 0.140 e. The highest BCUT2D eigenvalue weighted by Gasteiger charge is 2.09. The molecule has 0 spiro atoms. The Morgan fingerprint density at radius 2 is 2.31 bits per heavy atom. The molecule has 1 heterocycles. The Morgan fingerprint density at radius 3 is 3.00 bits per heavy atom. The van der Waals surface area contributed by atoms with Gasteiger partial charge in [0.25, 0.3) is 0 Å². The van der Waals surface area contributed by atoms with Crippen LogP contribution in [0, 0.1) is 0 Å². The lowest BCUT2D eigenvalue weighted by Gasteiger charge is -2.05. The van der Waals surface area contributed by atoms with Crippen LogP contribution in [-0.2, 0) is 0 Å². The molecule has 13 heavy (non-hydrogen) atoms. The Labute approximate surface area is 84.9 Å². The quantitative estimate of drug-likeness (QED) is 0.739. The number of fused-ring (bicyclic) bond motifs is 1. The summed E-state index contributed by atoms with van der Waals surface area (Å²) in [5.74, 6) is 0.633. The number of anilines is 1. The first-order valence-corrected chi connectivity index (χ1v) is 4.99. The van der Waals surface area contributed by atoms with Crippen molar-refractivity contribution >= 4 is 38.7 Å².